The fraction of sp³-hybridized carbons (Fsp3) is 0.571. The second-order valence-corrected chi connectivity index (χ2v) is 5.16. The van der Waals surface area contributed by atoms with E-state index in [1.54, 1.807) is 6.07 Å². The van der Waals surface area contributed by atoms with Gasteiger partial charge in [0.25, 0.3) is 0 Å². The van der Waals surface area contributed by atoms with Crippen molar-refractivity contribution in [3.05, 3.63) is 17.8 Å². The van der Waals surface area contributed by atoms with Gasteiger partial charge in [0.05, 0.1) is 24.6 Å². The zero-order chi connectivity index (χ0) is 14.0. The van der Waals surface area contributed by atoms with Crippen molar-refractivity contribution in [1.82, 2.24) is 4.98 Å². The van der Waals surface area contributed by atoms with Crippen LogP contribution in [-0.4, -0.2) is 30.1 Å². The lowest BCUT2D eigenvalue weighted by molar-refractivity contribution is 0.0602. The van der Waals surface area contributed by atoms with Gasteiger partial charge in [-0.15, -0.1) is 0 Å². The van der Waals surface area contributed by atoms with Crippen LogP contribution in [0.5, 0.6) is 0 Å². The number of rotatable bonds is 2. The van der Waals surface area contributed by atoms with E-state index in [-0.39, 0.29) is 0 Å². The van der Waals surface area contributed by atoms with Crippen LogP contribution in [-0.2, 0) is 4.74 Å². The topological polar surface area (TPSA) is 68.5 Å². The number of hydrogen-bond acceptors (Lipinski definition) is 5. The zero-order valence-corrected chi connectivity index (χ0v) is 11.7. The normalized spacial score (nSPS) is 23.2. The number of hydrogen-bond donors (Lipinski definition) is 1. The molecule has 0 aliphatic carbocycles. The lowest BCUT2D eigenvalue weighted by atomic mass is 9.97. The van der Waals surface area contributed by atoms with Crippen molar-refractivity contribution in [3.8, 4) is 0 Å². The standard InChI is InChI=1S/C14H21N3O2/c1-9-5-4-6-10(2)17(9)13-7-11(14(18)19-3)12(15)8-16-13/h7-10H,4-6,15H2,1-3H3/t9-,10+. The maximum atomic E-state index is 11.7. The molecule has 1 saturated heterocycles. The number of carbonyl (C=O) groups is 1. The molecule has 1 aliphatic rings. The largest absolute Gasteiger partial charge is 0.465 e. The van der Waals surface area contributed by atoms with Crippen LogP contribution < -0.4 is 10.6 Å². The molecule has 0 unspecified atom stereocenters. The first kappa shape index (κ1) is 13.6. The Labute approximate surface area is 113 Å². The van der Waals surface area contributed by atoms with Crippen LogP contribution in [0.3, 0.4) is 0 Å². The van der Waals surface area contributed by atoms with E-state index in [2.05, 4.69) is 23.7 Å². The van der Waals surface area contributed by atoms with Crippen molar-refractivity contribution in [3.63, 3.8) is 0 Å². The molecule has 0 radical (unpaired) electrons. The lowest BCUT2D eigenvalue weighted by Gasteiger charge is -2.40. The molecule has 2 rings (SSSR count). The first-order valence-corrected chi connectivity index (χ1v) is 6.66. The van der Waals surface area contributed by atoms with Crippen molar-refractivity contribution in [2.75, 3.05) is 17.7 Å². The van der Waals surface area contributed by atoms with Crippen LogP contribution in [0, 0.1) is 0 Å². The summed E-state index contributed by atoms with van der Waals surface area (Å²) in [5.74, 6) is 0.382. The summed E-state index contributed by atoms with van der Waals surface area (Å²) in [4.78, 5) is 18.3. The van der Waals surface area contributed by atoms with E-state index in [4.69, 9.17) is 10.5 Å². The molecular weight excluding hydrogens is 242 g/mol. The number of pyridine rings is 1. The summed E-state index contributed by atoms with van der Waals surface area (Å²) >= 11 is 0. The number of nitrogen functional groups attached to an aromatic ring is 1. The third kappa shape index (κ3) is 2.64. The Kier molecular flexibility index (Phi) is 3.93. The smallest absolute Gasteiger partial charge is 0.340 e. The molecule has 104 valence electrons. The summed E-state index contributed by atoms with van der Waals surface area (Å²) in [6.07, 6.45) is 5.06. The third-order valence-corrected chi connectivity index (χ3v) is 3.78. The highest BCUT2D eigenvalue weighted by atomic mass is 16.5. The summed E-state index contributed by atoms with van der Waals surface area (Å²) < 4.78 is 4.75. The highest BCUT2D eigenvalue weighted by Crippen LogP contribution is 2.29. The van der Waals surface area contributed by atoms with Gasteiger partial charge in [0.15, 0.2) is 0 Å². The SMILES string of the molecule is COC(=O)c1cc(N2[C@H](C)CCC[C@@H]2C)ncc1N. The van der Waals surface area contributed by atoms with Crippen molar-refractivity contribution in [2.45, 2.75) is 45.2 Å². The zero-order valence-electron chi connectivity index (χ0n) is 11.7. The molecule has 0 amide bonds. The van der Waals surface area contributed by atoms with E-state index < -0.39 is 5.97 Å². The molecule has 2 heterocycles. The molecule has 0 spiro atoms. The molecule has 1 fully saturated rings. The highest BCUT2D eigenvalue weighted by molar-refractivity contribution is 5.95. The van der Waals surface area contributed by atoms with Gasteiger partial charge in [-0.1, -0.05) is 0 Å². The van der Waals surface area contributed by atoms with E-state index in [0.29, 0.717) is 23.3 Å². The quantitative estimate of drug-likeness (QED) is 0.829. The molecule has 1 aromatic rings. The Morgan fingerprint density at radius 2 is 2.05 bits per heavy atom. The first-order valence-electron chi connectivity index (χ1n) is 6.66. The minimum Gasteiger partial charge on any atom is -0.465 e. The van der Waals surface area contributed by atoms with Crippen molar-refractivity contribution < 1.29 is 9.53 Å². The Hall–Kier alpha value is -1.78. The molecular formula is C14H21N3O2. The maximum absolute atomic E-state index is 11.7. The van der Waals surface area contributed by atoms with E-state index in [0.717, 1.165) is 18.7 Å². The molecule has 0 bridgehead atoms. The Morgan fingerprint density at radius 1 is 1.42 bits per heavy atom. The van der Waals surface area contributed by atoms with E-state index >= 15 is 0 Å². The van der Waals surface area contributed by atoms with Crippen LogP contribution in [0.2, 0.25) is 0 Å². The summed E-state index contributed by atoms with van der Waals surface area (Å²) in [5.41, 5.74) is 6.52. The molecule has 1 aromatic heterocycles. The Morgan fingerprint density at radius 3 is 2.63 bits per heavy atom. The molecule has 1 aliphatic heterocycles. The summed E-state index contributed by atoms with van der Waals surface area (Å²) in [6, 6.07) is 2.58. The van der Waals surface area contributed by atoms with E-state index in [1.807, 2.05) is 0 Å². The Bertz CT molecular complexity index is 466. The predicted octanol–water partition coefficient (Wildman–Crippen LogP) is 2.22. The van der Waals surface area contributed by atoms with Gasteiger partial charge in [-0.25, -0.2) is 9.78 Å². The molecule has 2 atom stereocenters. The van der Waals surface area contributed by atoms with Crippen molar-refractivity contribution in [2.24, 2.45) is 0 Å². The third-order valence-electron chi connectivity index (χ3n) is 3.78. The number of anilines is 2. The fourth-order valence-electron chi connectivity index (χ4n) is 2.76. The summed E-state index contributed by atoms with van der Waals surface area (Å²) in [5, 5.41) is 0. The van der Waals surface area contributed by atoms with Gasteiger partial charge in [-0.05, 0) is 39.2 Å². The first-order chi connectivity index (χ1) is 9.04. The number of carbonyl (C=O) groups excluding carboxylic acids is 1. The van der Waals surface area contributed by atoms with Gasteiger partial charge in [0.2, 0.25) is 0 Å². The number of esters is 1. The number of nitrogens with zero attached hydrogens (tertiary/aromatic N) is 2. The van der Waals surface area contributed by atoms with Gasteiger partial charge in [0.1, 0.15) is 5.82 Å². The Balaban J connectivity index is 2.36. The minimum atomic E-state index is -0.418. The number of nitrogens with two attached hydrogens (primary N) is 1. The van der Waals surface area contributed by atoms with E-state index in [9.17, 15) is 4.79 Å². The molecule has 5 nitrogen and oxygen atoms in total. The molecule has 5 heteroatoms. The predicted molar refractivity (Wildman–Crippen MR) is 75.2 cm³/mol. The molecule has 0 aromatic carbocycles. The lowest BCUT2D eigenvalue weighted by Crippen LogP contribution is -2.44. The van der Waals surface area contributed by atoms with Crippen LogP contribution in [0.1, 0.15) is 43.5 Å². The van der Waals surface area contributed by atoms with Crippen LogP contribution in [0.15, 0.2) is 12.3 Å². The average Bonchev–Trinajstić information content (AvgIpc) is 2.39. The van der Waals surface area contributed by atoms with Gasteiger partial charge in [-0.2, -0.15) is 0 Å². The maximum Gasteiger partial charge on any atom is 0.340 e. The summed E-state index contributed by atoms with van der Waals surface area (Å²) in [6.45, 7) is 4.37. The van der Waals surface area contributed by atoms with Crippen LogP contribution >= 0.6 is 0 Å². The number of piperidine rings is 1. The average molecular weight is 263 g/mol. The van der Waals surface area contributed by atoms with Gasteiger partial charge in [0, 0.05) is 12.1 Å². The number of aromatic nitrogens is 1. The number of methoxy groups -OCH3 is 1. The second-order valence-electron chi connectivity index (χ2n) is 5.16. The van der Waals surface area contributed by atoms with Gasteiger partial charge >= 0.3 is 5.97 Å². The van der Waals surface area contributed by atoms with Gasteiger partial charge < -0.3 is 15.4 Å². The molecule has 19 heavy (non-hydrogen) atoms. The van der Waals surface area contributed by atoms with Crippen molar-refractivity contribution in [1.29, 1.82) is 0 Å². The fourth-order valence-corrected chi connectivity index (χ4v) is 2.76. The minimum absolute atomic E-state index is 0.355. The second kappa shape index (κ2) is 5.47. The van der Waals surface area contributed by atoms with Gasteiger partial charge in [-0.3, -0.25) is 0 Å². The van der Waals surface area contributed by atoms with E-state index in [1.165, 1.54) is 19.7 Å². The summed E-state index contributed by atoms with van der Waals surface area (Å²) in [7, 11) is 1.36. The van der Waals surface area contributed by atoms with Crippen molar-refractivity contribution >= 4 is 17.5 Å². The molecule has 0 saturated carbocycles. The number of ether oxygens (including phenoxy) is 1. The molecule has 2 N–H and O–H groups in total. The van der Waals surface area contributed by atoms with Crippen LogP contribution in [0.4, 0.5) is 11.5 Å². The monoisotopic (exact) mass is 263 g/mol. The highest BCUT2D eigenvalue weighted by Gasteiger charge is 2.26. The van der Waals surface area contributed by atoms with Crippen LogP contribution in [0.25, 0.3) is 0 Å².